The number of carboxylic acid groups (broad SMARTS) is 1. The normalized spacial score (nSPS) is 15.2. The van der Waals surface area contributed by atoms with Gasteiger partial charge in [0, 0.05) is 11.7 Å². The van der Waals surface area contributed by atoms with Gasteiger partial charge in [0.1, 0.15) is 5.82 Å². The molecule has 14 heavy (non-hydrogen) atoms. The van der Waals surface area contributed by atoms with E-state index in [1.54, 1.807) is 0 Å². The molecule has 0 heterocycles. The molecular weight excluding hydrogens is 185 g/mol. The third-order valence-corrected chi connectivity index (χ3v) is 2.09. The fraction of sp³-hybridized carbons (Fsp3) is 0.300. The number of hydrogen-bond acceptors (Lipinski definition) is 2. The van der Waals surface area contributed by atoms with Gasteiger partial charge >= 0.3 is 5.97 Å². The highest BCUT2D eigenvalue weighted by molar-refractivity contribution is 5.88. The Hall–Kier alpha value is -1.58. The predicted octanol–water partition coefficient (Wildman–Crippen LogP) is 2.10. The number of anilines is 1. The van der Waals surface area contributed by atoms with Gasteiger partial charge in [0.25, 0.3) is 0 Å². The van der Waals surface area contributed by atoms with E-state index >= 15 is 0 Å². The summed E-state index contributed by atoms with van der Waals surface area (Å²) in [5.41, 5.74) is 0.526. The highest BCUT2D eigenvalue weighted by Crippen LogP contribution is 2.25. The van der Waals surface area contributed by atoms with Crippen LogP contribution in [0.25, 0.3) is 0 Å². The third-order valence-electron chi connectivity index (χ3n) is 2.09. The number of halogens is 1. The van der Waals surface area contributed by atoms with Crippen molar-refractivity contribution >= 4 is 11.7 Å². The van der Waals surface area contributed by atoms with Gasteiger partial charge in [0.2, 0.25) is 0 Å². The van der Waals surface area contributed by atoms with Crippen LogP contribution in [0.4, 0.5) is 10.1 Å². The number of nitrogens with one attached hydrogen (secondary N) is 1. The second-order valence-corrected chi connectivity index (χ2v) is 3.45. The van der Waals surface area contributed by atoms with Crippen molar-refractivity contribution in [3.63, 3.8) is 0 Å². The van der Waals surface area contributed by atoms with Crippen molar-refractivity contribution < 1.29 is 14.3 Å². The molecule has 0 atom stereocenters. The van der Waals surface area contributed by atoms with E-state index in [2.05, 4.69) is 5.32 Å². The number of rotatable bonds is 3. The Bertz CT molecular complexity index is 374. The van der Waals surface area contributed by atoms with E-state index in [-0.39, 0.29) is 5.56 Å². The predicted molar refractivity (Wildman–Crippen MR) is 50.0 cm³/mol. The molecule has 1 aliphatic rings. The molecule has 74 valence electrons. The first kappa shape index (κ1) is 8.99. The molecule has 2 rings (SSSR count). The molecule has 1 aromatic carbocycles. The van der Waals surface area contributed by atoms with Crippen LogP contribution in [0.3, 0.4) is 0 Å². The molecule has 4 heteroatoms. The molecule has 0 amide bonds. The van der Waals surface area contributed by atoms with Gasteiger partial charge in [0.05, 0.1) is 5.56 Å². The van der Waals surface area contributed by atoms with Crippen molar-refractivity contribution in [1.82, 2.24) is 0 Å². The maximum atomic E-state index is 13.0. The summed E-state index contributed by atoms with van der Waals surface area (Å²) < 4.78 is 13.0. The lowest BCUT2D eigenvalue weighted by atomic mass is 10.2. The molecule has 1 aliphatic carbocycles. The molecule has 0 bridgehead atoms. The lowest BCUT2D eigenvalue weighted by molar-refractivity contribution is 0.0696. The smallest absolute Gasteiger partial charge is 0.335 e. The molecule has 0 saturated heterocycles. The van der Waals surface area contributed by atoms with Gasteiger partial charge in [-0.25, -0.2) is 9.18 Å². The topological polar surface area (TPSA) is 49.3 Å². The second-order valence-electron chi connectivity index (χ2n) is 3.45. The van der Waals surface area contributed by atoms with Crippen LogP contribution < -0.4 is 5.32 Å². The van der Waals surface area contributed by atoms with Gasteiger partial charge in [-0.3, -0.25) is 0 Å². The molecular formula is C10H10FNO2. The summed E-state index contributed by atoms with van der Waals surface area (Å²) in [5.74, 6) is -1.63. The number of benzene rings is 1. The lowest BCUT2D eigenvalue weighted by Crippen LogP contribution is -2.04. The zero-order valence-corrected chi connectivity index (χ0v) is 7.46. The van der Waals surface area contributed by atoms with Gasteiger partial charge < -0.3 is 10.4 Å². The molecule has 1 saturated carbocycles. The van der Waals surface area contributed by atoms with Crippen LogP contribution in [0.2, 0.25) is 0 Å². The zero-order valence-electron chi connectivity index (χ0n) is 7.46. The average Bonchev–Trinajstić information content (AvgIpc) is 2.87. The van der Waals surface area contributed by atoms with E-state index in [1.807, 2.05) is 0 Å². The van der Waals surface area contributed by atoms with Crippen molar-refractivity contribution in [2.24, 2.45) is 0 Å². The molecule has 0 aromatic heterocycles. The molecule has 0 radical (unpaired) electrons. The summed E-state index contributed by atoms with van der Waals surface area (Å²) >= 11 is 0. The summed E-state index contributed by atoms with van der Waals surface area (Å²) in [5, 5.41) is 11.7. The maximum absolute atomic E-state index is 13.0. The number of carbonyl (C=O) groups is 1. The van der Waals surface area contributed by atoms with Crippen molar-refractivity contribution in [3.05, 3.63) is 29.6 Å². The van der Waals surface area contributed by atoms with E-state index in [1.165, 1.54) is 12.1 Å². The fourth-order valence-corrected chi connectivity index (χ4v) is 1.26. The SMILES string of the molecule is O=C(O)c1cc(F)cc(NC2CC2)c1. The van der Waals surface area contributed by atoms with Gasteiger partial charge in [-0.1, -0.05) is 0 Å². The molecule has 0 aliphatic heterocycles. The maximum Gasteiger partial charge on any atom is 0.335 e. The highest BCUT2D eigenvalue weighted by atomic mass is 19.1. The van der Waals surface area contributed by atoms with Gasteiger partial charge in [-0.05, 0) is 31.0 Å². The summed E-state index contributed by atoms with van der Waals surface area (Å²) in [6.45, 7) is 0. The van der Waals surface area contributed by atoms with Crippen molar-refractivity contribution in [3.8, 4) is 0 Å². The Balaban J connectivity index is 2.25. The Kier molecular flexibility index (Phi) is 2.11. The van der Waals surface area contributed by atoms with Crippen LogP contribution >= 0.6 is 0 Å². The van der Waals surface area contributed by atoms with Gasteiger partial charge in [0.15, 0.2) is 0 Å². The number of hydrogen-bond donors (Lipinski definition) is 2. The van der Waals surface area contributed by atoms with Crippen LogP contribution in [-0.4, -0.2) is 17.1 Å². The van der Waals surface area contributed by atoms with Crippen LogP contribution in [0.15, 0.2) is 18.2 Å². The monoisotopic (exact) mass is 195 g/mol. The lowest BCUT2D eigenvalue weighted by Gasteiger charge is -2.05. The fourth-order valence-electron chi connectivity index (χ4n) is 1.26. The molecule has 0 spiro atoms. The Morgan fingerprint density at radius 3 is 2.71 bits per heavy atom. The van der Waals surface area contributed by atoms with Crippen LogP contribution in [-0.2, 0) is 0 Å². The minimum atomic E-state index is -1.11. The average molecular weight is 195 g/mol. The second kappa shape index (κ2) is 3.29. The Morgan fingerprint density at radius 2 is 2.14 bits per heavy atom. The standard InChI is InChI=1S/C10H10FNO2/c11-7-3-6(10(13)14)4-9(5-7)12-8-1-2-8/h3-5,8,12H,1-2H2,(H,13,14). The van der Waals surface area contributed by atoms with Crippen LogP contribution in [0.1, 0.15) is 23.2 Å². The van der Waals surface area contributed by atoms with E-state index in [0.717, 1.165) is 18.9 Å². The van der Waals surface area contributed by atoms with Gasteiger partial charge in [-0.15, -0.1) is 0 Å². The summed E-state index contributed by atoms with van der Waals surface area (Å²) in [4.78, 5) is 10.6. The summed E-state index contributed by atoms with van der Waals surface area (Å²) in [7, 11) is 0. The third kappa shape index (κ3) is 2.02. The number of carboxylic acids is 1. The first-order chi connectivity index (χ1) is 6.65. The van der Waals surface area contributed by atoms with E-state index in [4.69, 9.17) is 5.11 Å². The molecule has 0 unspecified atom stereocenters. The molecule has 3 nitrogen and oxygen atoms in total. The van der Waals surface area contributed by atoms with Crippen molar-refractivity contribution in [2.75, 3.05) is 5.32 Å². The minimum absolute atomic E-state index is 0.0202. The van der Waals surface area contributed by atoms with E-state index < -0.39 is 11.8 Å². The van der Waals surface area contributed by atoms with Crippen molar-refractivity contribution in [1.29, 1.82) is 0 Å². The Morgan fingerprint density at radius 1 is 1.43 bits per heavy atom. The largest absolute Gasteiger partial charge is 0.478 e. The molecule has 1 fully saturated rings. The first-order valence-electron chi connectivity index (χ1n) is 4.45. The quantitative estimate of drug-likeness (QED) is 0.776. The molecule has 2 N–H and O–H groups in total. The highest BCUT2D eigenvalue weighted by Gasteiger charge is 2.21. The van der Waals surface area contributed by atoms with Gasteiger partial charge in [-0.2, -0.15) is 0 Å². The minimum Gasteiger partial charge on any atom is -0.478 e. The van der Waals surface area contributed by atoms with Crippen molar-refractivity contribution in [2.45, 2.75) is 18.9 Å². The number of aromatic carboxylic acids is 1. The first-order valence-corrected chi connectivity index (χ1v) is 4.45. The summed E-state index contributed by atoms with van der Waals surface area (Å²) in [6.07, 6.45) is 2.14. The van der Waals surface area contributed by atoms with Crippen LogP contribution in [0, 0.1) is 5.82 Å². The van der Waals surface area contributed by atoms with E-state index in [0.29, 0.717) is 11.7 Å². The zero-order chi connectivity index (χ0) is 10.1. The summed E-state index contributed by atoms with van der Waals surface area (Å²) in [6, 6.07) is 4.16. The Labute approximate surface area is 80.6 Å². The molecule has 1 aromatic rings. The van der Waals surface area contributed by atoms with E-state index in [9.17, 15) is 9.18 Å². The van der Waals surface area contributed by atoms with Crippen LogP contribution in [0.5, 0.6) is 0 Å².